The van der Waals surface area contributed by atoms with Crippen molar-refractivity contribution in [3.63, 3.8) is 0 Å². The van der Waals surface area contributed by atoms with Crippen molar-refractivity contribution in [2.75, 3.05) is 32.7 Å². The van der Waals surface area contributed by atoms with E-state index >= 15 is 0 Å². The molecule has 0 saturated carbocycles. The molecule has 0 aliphatic carbocycles. The zero-order chi connectivity index (χ0) is 16.1. The number of benzene rings is 1. The summed E-state index contributed by atoms with van der Waals surface area (Å²) in [6.07, 6.45) is 2.26. The second-order valence-corrected chi connectivity index (χ2v) is 6.05. The molecule has 1 aromatic carbocycles. The molecule has 1 aliphatic heterocycles. The zero-order valence-electron chi connectivity index (χ0n) is 13.6. The Balaban J connectivity index is 1.41. The first-order valence-electron chi connectivity index (χ1n) is 8.21. The topological polar surface area (TPSA) is 49.6 Å². The van der Waals surface area contributed by atoms with Gasteiger partial charge in [-0.15, -0.1) is 0 Å². The highest BCUT2D eigenvalue weighted by Gasteiger charge is 2.23. The summed E-state index contributed by atoms with van der Waals surface area (Å²) in [7, 11) is 0. The van der Waals surface area contributed by atoms with Gasteiger partial charge in [-0.1, -0.05) is 35.5 Å². The SMILES string of the molecule is Cc1cc(C(=O)N2CCN(CCCc3ccccc3)CC2)no1. The Kier molecular flexibility index (Phi) is 5.08. The number of hydrogen-bond donors (Lipinski definition) is 0. The van der Waals surface area contributed by atoms with Gasteiger partial charge >= 0.3 is 0 Å². The van der Waals surface area contributed by atoms with Gasteiger partial charge in [-0.25, -0.2) is 0 Å². The molecule has 122 valence electrons. The molecule has 5 nitrogen and oxygen atoms in total. The second-order valence-electron chi connectivity index (χ2n) is 6.05. The summed E-state index contributed by atoms with van der Waals surface area (Å²) < 4.78 is 4.98. The van der Waals surface area contributed by atoms with Crippen molar-refractivity contribution in [2.24, 2.45) is 0 Å². The Hall–Kier alpha value is -2.14. The molecule has 0 spiro atoms. The largest absolute Gasteiger partial charge is 0.361 e. The summed E-state index contributed by atoms with van der Waals surface area (Å²) in [6, 6.07) is 12.3. The van der Waals surface area contributed by atoms with E-state index in [1.807, 2.05) is 4.90 Å². The molecule has 5 heteroatoms. The molecule has 1 amide bonds. The highest BCUT2D eigenvalue weighted by molar-refractivity contribution is 5.92. The molecule has 2 aromatic rings. The van der Waals surface area contributed by atoms with Crippen LogP contribution in [0.1, 0.15) is 28.2 Å². The number of carbonyl (C=O) groups is 1. The Labute approximate surface area is 136 Å². The van der Waals surface area contributed by atoms with Crippen LogP contribution in [-0.4, -0.2) is 53.6 Å². The van der Waals surface area contributed by atoms with Crippen LogP contribution >= 0.6 is 0 Å². The minimum Gasteiger partial charge on any atom is -0.361 e. The average Bonchev–Trinajstić information content (AvgIpc) is 3.02. The van der Waals surface area contributed by atoms with Crippen molar-refractivity contribution in [1.29, 1.82) is 0 Å². The van der Waals surface area contributed by atoms with E-state index < -0.39 is 0 Å². The molecule has 3 rings (SSSR count). The summed E-state index contributed by atoms with van der Waals surface area (Å²) in [6.45, 7) is 6.26. The molecule has 23 heavy (non-hydrogen) atoms. The summed E-state index contributed by atoms with van der Waals surface area (Å²) in [4.78, 5) is 16.6. The molecular weight excluding hydrogens is 290 g/mol. The van der Waals surface area contributed by atoms with Crippen molar-refractivity contribution in [3.8, 4) is 0 Å². The summed E-state index contributed by atoms with van der Waals surface area (Å²) in [5.41, 5.74) is 1.81. The van der Waals surface area contributed by atoms with Gasteiger partial charge in [0.15, 0.2) is 5.69 Å². The number of rotatable bonds is 5. The third-order valence-electron chi connectivity index (χ3n) is 4.29. The van der Waals surface area contributed by atoms with Gasteiger partial charge in [0.25, 0.3) is 5.91 Å². The van der Waals surface area contributed by atoms with Gasteiger partial charge in [-0.05, 0) is 31.9 Å². The lowest BCUT2D eigenvalue weighted by molar-refractivity contribution is 0.0626. The quantitative estimate of drug-likeness (QED) is 0.850. The number of carbonyl (C=O) groups excluding carboxylic acids is 1. The standard InChI is InChI=1S/C18H23N3O2/c1-15-14-17(19-23-15)18(22)21-12-10-20(11-13-21)9-5-8-16-6-3-2-4-7-16/h2-4,6-7,14H,5,8-13H2,1H3. The van der Waals surface area contributed by atoms with Crippen LogP contribution in [0.15, 0.2) is 40.9 Å². The van der Waals surface area contributed by atoms with Crippen molar-refractivity contribution in [1.82, 2.24) is 15.0 Å². The van der Waals surface area contributed by atoms with Gasteiger partial charge in [0.1, 0.15) is 5.76 Å². The van der Waals surface area contributed by atoms with Crippen LogP contribution in [0.4, 0.5) is 0 Å². The van der Waals surface area contributed by atoms with Crippen LogP contribution in [-0.2, 0) is 6.42 Å². The highest BCUT2D eigenvalue weighted by atomic mass is 16.5. The number of nitrogens with zero attached hydrogens (tertiary/aromatic N) is 3. The second kappa shape index (κ2) is 7.42. The minimum absolute atomic E-state index is 0.0224. The van der Waals surface area contributed by atoms with Gasteiger partial charge < -0.3 is 9.42 Å². The normalized spacial score (nSPS) is 15.8. The lowest BCUT2D eigenvalue weighted by atomic mass is 10.1. The summed E-state index contributed by atoms with van der Waals surface area (Å²) in [5.74, 6) is 0.652. The Morgan fingerprint density at radius 2 is 1.91 bits per heavy atom. The molecule has 0 atom stereocenters. The fourth-order valence-corrected chi connectivity index (χ4v) is 2.96. The molecule has 0 N–H and O–H groups in total. The first-order chi connectivity index (χ1) is 11.2. The van der Waals surface area contributed by atoms with Crippen LogP contribution in [0.25, 0.3) is 0 Å². The third kappa shape index (κ3) is 4.20. The molecule has 1 saturated heterocycles. The predicted molar refractivity (Wildman–Crippen MR) is 88.3 cm³/mol. The number of hydrogen-bond acceptors (Lipinski definition) is 4. The first-order valence-corrected chi connectivity index (χ1v) is 8.21. The number of aryl methyl sites for hydroxylation is 2. The van der Waals surface area contributed by atoms with E-state index in [1.165, 1.54) is 5.56 Å². The maximum absolute atomic E-state index is 12.3. The average molecular weight is 313 g/mol. The predicted octanol–water partition coefficient (Wildman–Crippen LogP) is 2.37. The van der Waals surface area contributed by atoms with Crippen LogP contribution < -0.4 is 0 Å². The third-order valence-corrected chi connectivity index (χ3v) is 4.29. The van der Waals surface area contributed by atoms with Gasteiger partial charge in [0, 0.05) is 32.2 Å². The monoisotopic (exact) mass is 313 g/mol. The highest BCUT2D eigenvalue weighted by Crippen LogP contribution is 2.10. The van der Waals surface area contributed by atoms with Gasteiger partial charge in [-0.3, -0.25) is 9.69 Å². The number of aromatic nitrogens is 1. The fourth-order valence-electron chi connectivity index (χ4n) is 2.96. The molecule has 1 aromatic heterocycles. The van der Waals surface area contributed by atoms with Crippen molar-refractivity contribution in [3.05, 3.63) is 53.4 Å². The summed E-state index contributed by atoms with van der Waals surface area (Å²) >= 11 is 0. The van der Waals surface area contributed by atoms with Crippen molar-refractivity contribution >= 4 is 5.91 Å². The molecule has 2 heterocycles. The van der Waals surface area contributed by atoms with Crippen LogP contribution in [0.3, 0.4) is 0 Å². The molecule has 0 radical (unpaired) electrons. The first kappa shape index (κ1) is 15.7. The van der Waals surface area contributed by atoms with Crippen LogP contribution in [0, 0.1) is 6.92 Å². The lowest BCUT2D eigenvalue weighted by Gasteiger charge is -2.34. The van der Waals surface area contributed by atoms with E-state index in [4.69, 9.17) is 4.52 Å². The Morgan fingerprint density at radius 1 is 1.17 bits per heavy atom. The van der Waals surface area contributed by atoms with Gasteiger partial charge in [-0.2, -0.15) is 0 Å². The lowest BCUT2D eigenvalue weighted by Crippen LogP contribution is -2.49. The molecule has 0 unspecified atom stereocenters. The molecular formula is C18H23N3O2. The van der Waals surface area contributed by atoms with E-state index in [0.29, 0.717) is 11.5 Å². The van der Waals surface area contributed by atoms with Gasteiger partial charge in [0.05, 0.1) is 0 Å². The van der Waals surface area contributed by atoms with Crippen molar-refractivity contribution < 1.29 is 9.32 Å². The van der Waals surface area contributed by atoms with E-state index in [-0.39, 0.29) is 5.91 Å². The maximum Gasteiger partial charge on any atom is 0.276 e. The van der Waals surface area contributed by atoms with Crippen LogP contribution in [0.5, 0.6) is 0 Å². The van der Waals surface area contributed by atoms with E-state index in [2.05, 4.69) is 40.4 Å². The Morgan fingerprint density at radius 3 is 2.57 bits per heavy atom. The van der Waals surface area contributed by atoms with Crippen LogP contribution in [0.2, 0.25) is 0 Å². The van der Waals surface area contributed by atoms with E-state index in [0.717, 1.165) is 45.6 Å². The minimum atomic E-state index is -0.0224. The van der Waals surface area contributed by atoms with E-state index in [9.17, 15) is 4.79 Å². The van der Waals surface area contributed by atoms with Crippen molar-refractivity contribution in [2.45, 2.75) is 19.8 Å². The number of amides is 1. The smallest absolute Gasteiger partial charge is 0.276 e. The zero-order valence-corrected chi connectivity index (χ0v) is 13.6. The fraction of sp³-hybridized carbons (Fsp3) is 0.444. The molecule has 1 fully saturated rings. The maximum atomic E-state index is 12.3. The molecule has 0 bridgehead atoms. The van der Waals surface area contributed by atoms with Gasteiger partial charge in [0.2, 0.25) is 0 Å². The molecule has 1 aliphatic rings. The summed E-state index contributed by atoms with van der Waals surface area (Å²) in [5, 5.41) is 3.81. The number of piperazine rings is 1. The van der Waals surface area contributed by atoms with E-state index in [1.54, 1.807) is 13.0 Å². The Bertz CT molecular complexity index is 631.